The zero-order valence-electron chi connectivity index (χ0n) is 15.4. The molecule has 0 fully saturated rings. The molecule has 3 rings (SSSR count). The van der Waals surface area contributed by atoms with Gasteiger partial charge in [-0.15, -0.1) is 13.2 Å². The summed E-state index contributed by atoms with van der Waals surface area (Å²) < 4.78 is 48.5. The van der Waals surface area contributed by atoms with Gasteiger partial charge in [0.25, 0.3) is 11.2 Å². The van der Waals surface area contributed by atoms with E-state index in [1.807, 2.05) is 0 Å². The molecule has 1 heterocycles. The Bertz CT molecular complexity index is 1230. The Kier molecular flexibility index (Phi) is 6.46. The fourth-order valence-electron chi connectivity index (χ4n) is 2.62. The molecule has 0 unspecified atom stereocenters. The number of non-ortho nitro benzene ring substituents is 1. The summed E-state index contributed by atoms with van der Waals surface area (Å²) in [6, 6.07) is 8.43. The maximum absolute atomic E-state index is 12.4. The molecule has 162 valence electrons. The Hall–Kier alpha value is -2.80. The fraction of sp³-hybridized carbons (Fsp3) is 0.105. The summed E-state index contributed by atoms with van der Waals surface area (Å²) in [6.07, 6.45) is -3.43. The summed E-state index contributed by atoms with van der Waals surface area (Å²) >= 11 is 7.97. The first-order valence-electron chi connectivity index (χ1n) is 8.33. The van der Waals surface area contributed by atoms with Crippen LogP contribution >= 0.6 is 34.2 Å². The summed E-state index contributed by atoms with van der Waals surface area (Å²) in [6.45, 7) is 0. The molecule has 0 aliphatic heterocycles. The number of hydrogen-bond acceptors (Lipinski definition) is 5. The third-order valence-electron chi connectivity index (χ3n) is 4.00. The first-order valence-corrected chi connectivity index (χ1v) is 9.78. The highest BCUT2D eigenvalue weighted by Gasteiger charge is 2.31. The number of pyridine rings is 1. The van der Waals surface area contributed by atoms with E-state index >= 15 is 0 Å². The van der Waals surface area contributed by atoms with Gasteiger partial charge in [-0.3, -0.25) is 14.9 Å². The average molecular weight is 567 g/mol. The molecule has 12 heteroatoms. The van der Waals surface area contributed by atoms with Gasteiger partial charge in [-0.2, -0.15) is 0 Å². The molecule has 0 amide bonds. The van der Waals surface area contributed by atoms with E-state index in [4.69, 9.17) is 16.3 Å². The van der Waals surface area contributed by atoms with Crippen molar-refractivity contribution in [2.24, 2.45) is 7.05 Å². The van der Waals surface area contributed by atoms with Crippen molar-refractivity contribution in [3.05, 3.63) is 77.7 Å². The van der Waals surface area contributed by atoms with Gasteiger partial charge in [-0.05, 0) is 46.9 Å². The highest BCUT2D eigenvalue weighted by molar-refractivity contribution is 14.1. The highest BCUT2D eigenvalue weighted by Crippen LogP contribution is 2.40. The Morgan fingerprint density at radius 1 is 1.10 bits per heavy atom. The number of ether oxygens (including phenoxy) is 2. The van der Waals surface area contributed by atoms with Crippen LogP contribution in [0.1, 0.15) is 0 Å². The molecule has 0 saturated carbocycles. The summed E-state index contributed by atoms with van der Waals surface area (Å²) in [4.78, 5) is 22.4. The summed E-state index contributed by atoms with van der Waals surface area (Å²) in [5, 5.41) is 11.3. The van der Waals surface area contributed by atoms with Crippen molar-refractivity contribution < 1.29 is 27.6 Å². The van der Waals surface area contributed by atoms with Gasteiger partial charge in [-0.1, -0.05) is 11.6 Å². The van der Waals surface area contributed by atoms with E-state index in [0.717, 1.165) is 18.2 Å². The zero-order valence-corrected chi connectivity index (χ0v) is 18.4. The van der Waals surface area contributed by atoms with Gasteiger partial charge in [0, 0.05) is 42.6 Å². The molecule has 0 saturated heterocycles. The molecule has 0 radical (unpaired) electrons. The third kappa shape index (κ3) is 5.47. The largest absolute Gasteiger partial charge is 0.573 e. The molecule has 0 spiro atoms. The smallest absolute Gasteiger partial charge is 0.456 e. The van der Waals surface area contributed by atoms with Crippen LogP contribution in [0.2, 0.25) is 5.02 Å². The highest BCUT2D eigenvalue weighted by atomic mass is 127. The van der Waals surface area contributed by atoms with Crippen LogP contribution in [0.5, 0.6) is 17.2 Å². The number of nitro benzene ring substituents is 1. The van der Waals surface area contributed by atoms with Crippen molar-refractivity contribution in [3.8, 4) is 28.4 Å². The lowest BCUT2D eigenvalue weighted by Crippen LogP contribution is -2.17. The van der Waals surface area contributed by atoms with E-state index in [2.05, 4.69) is 4.74 Å². The minimum Gasteiger partial charge on any atom is -0.456 e. The molecule has 7 nitrogen and oxygen atoms in total. The Morgan fingerprint density at radius 2 is 1.77 bits per heavy atom. The monoisotopic (exact) mass is 566 g/mol. The van der Waals surface area contributed by atoms with E-state index in [-0.39, 0.29) is 33.3 Å². The molecule has 2 aromatic carbocycles. The van der Waals surface area contributed by atoms with E-state index in [9.17, 15) is 28.1 Å². The minimum atomic E-state index is -4.84. The number of hydrogen-bond donors (Lipinski definition) is 0. The number of nitro groups is 1. The van der Waals surface area contributed by atoms with Crippen molar-refractivity contribution in [2.45, 2.75) is 6.36 Å². The van der Waals surface area contributed by atoms with Crippen molar-refractivity contribution in [1.29, 1.82) is 0 Å². The lowest BCUT2D eigenvalue weighted by atomic mass is 10.1. The van der Waals surface area contributed by atoms with Gasteiger partial charge in [0.05, 0.1) is 13.5 Å². The van der Waals surface area contributed by atoms with Crippen LogP contribution in [0.15, 0.2) is 53.5 Å². The third-order valence-corrected chi connectivity index (χ3v) is 5.15. The second kappa shape index (κ2) is 8.75. The fourth-order valence-corrected chi connectivity index (χ4v) is 3.46. The van der Waals surface area contributed by atoms with Crippen LogP contribution in [-0.2, 0) is 7.05 Å². The molecule has 31 heavy (non-hydrogen) atoms. The van der Waals surface area contributed by atoms with E-state index in [1.165, 1.54) is 42.1 Å². The van der Waals surface area contributed by atoms with E-state index in [1.54, 1.807) is 22.6 Å². The second-order valence-electron chi connectivity index (χ2n) is 6.16. The molecule has 3 aromatic rings. The van der Waals surface area contributed by atoms with Gasteiger partial charge in [0.1, 0.15) is 17.2 Å². The van der Waals surface area contributed by atoms with Crippen LogP contribution < -0.4 is 15.0 Å². The summed E-state index contributed by atoms with van der Waals surface area (Å²) in [5.41, 5.74) is -0.0944. The maximum Gasteiger partial charge on any atom is 0.573 e. The lowest BCUT2D eigenvalue weighted by molar-refractivity contribution is -0.384. The molecule has 0 atom stereocenters. The standard InChI is InChI=1S/C19H11ClF3IN2O5/c1-25-9-13(14(20)8-18(25)27)12-6-10(26(28)29)2-4-16(12)30-17-5-3-11(7-15(17)24)31-19(21,22)23/h2-9H,1H3. The second-order valence-corrected chi connectivity index (χ2v) is 7.73. The van der Waals surface area contributed by atoms with Gasteiger partial charge >= 0.3 is 6.36 Å². The predicted octanol–water partition coefficient (Wildman–Crippen LogP) is 5.91. The summed E-state index contributed by atoms with van der Waals surface area (Å²) in [7, 11) is 1.49. The van der Waals surface area contributed by atoms with Crippen molar-refractivity contribution in [2.75, 3.05) is 0 Å². The Balaban J connectivity index is 2.07. The number of benzene rings is 2. The van der Waals surface area contributed by atoms with Crippen LogP contribution in [0, 0.1) is 13.7 Å². The van der Waals surface area contributed by atoms with Crippen molar-refractivity contribution in [1.82, 2.24) is 4.57 Å². The van der Waals surface area contributed by atoms with E-state index in [0.29, 0.717) is 9.13 Å². The minimum absolute atomic E-state index is 0.0528. The van der Waals surface area contributed by atoms with Crippen LogP contribution in [0.25, 0.3) is 11.1 Å². The first kappa shape index (κ1) is 22.9. The van der Waals surface area contributed by atoms with E-state index < -0.39 is 17.0 Å². The summed E-state index contributed by atoms with van der Waals surface area (Å²) in [5.74, 6) is -0.0889. The van der Waals surface area contributed by atoms with Gasteiger partial charge < -0.3 is 14.0 Å². The van der Waals surface area contributed by atoms with Crippen LogP contribution in [0.3, 0.4) is 0 Å². The Labute approximate surface area is 191 Å². The van der Waals surface area contributed by atoms with Gasteiger partial charge in [0.15, 0.2) is 0 Å². The van der Waals surface area contributed by atoms with Crippen LogP contribution in [0.4, 0.5) is 18.9 Å². The lowest BCUT2D eigenvalue weighted by Gasteiger charge is -2.15. The normalized spacial score (nSPS) is 11.3. The SMILES string of the molecule is Cn1cc(-c2cc([N+](=O)[O-])ccc2Oc2ccc(OC(F)(F)F)cc2I)c(Cl)cc1=O. The molecular weight excluding hydrogens is 556 g/mol. The zero-order chi connectivity index (χ0) is 22.9. The molecule has 0 N–H and O–H groups in total. The van der Waals surface area contributed by atoms with Gasteiger partial charge in [-0.25, -0.2) is 0 Å². The molecule has 0 aliphatic carbocycles. The maximum atomic E-state index is 12.4. The number of aryl methyl sites for hydroxylation is 1. The quantitative estimate of drug-likeness (QED) is 0.218. The molecule has 1 aromatic heterocycles. The number of nitrogens with zero attached hydrogens (tertiary/aromatic N) is 2. The van der Waals surface area contributed by atoms with Gasteiger partial charge in [0.2, 0.25) is 0 Å². The topological polar surface area (TPSA) is 83.6 Å². The average Bonchev–Trinajstić information content (AvgIpc) is 2.66. The number of aromatic nitrogens is 1. The molecule has 0 aliphatic rings. The molecular formula is C19H11ClF3IN2O5. The number of halogens is 5. The van der Waals surface area contributed by atoms with Crippen LogP contribution in [-0.4, -0.2) is 15.9 Å². The van der Waals surface area contributed by atoms with Crippen molar-refractivity contribution in [3.63, 3.8) is 0 Å². The predicted molar refractivity (Wildman–Crippen MR) is 115 cm³/mol. The van der Waals surface area contributed by atoms with Crippen molar-refractivity contribution >= 4 is 39.9 Å². The number of rotatable bonds is 5. The Morgan fingerprint density at radius 3 is 2.39 bits per heavy atom. The first-order chi connectivity index (χ1) is 14.4. The molecule has 0 bridgehead atoms. The number of alkyl halides is 3.